The Morgan fingerprint density at radius 1 is 0.909 bits per heavy atom. The van der Waals surface area contributed by atoms with Crippen LogP contribution in [0, 0.1) is 34.5 Å². The molecular formula is C14H20N4O4. The lowest BCUT2D eigenvalue weighted by Crippen LogP contribution is -2.21. The van der Waals surface area contributed by atoms with Crippen molar-refractivity contribution >= 4 is 11.9 Å². The Morgan fingerprint density at radius 2 is 1.23 bits per heavy atom. The van der Waals surface area contributed by atoms with Crippen molar-refractivity contribution in [1.29, 1.82) is 10.5 Å². The maximum atomic E-state index is 11.2. The zero-order valence-electron chi connectivity index (χ0n) is 13.1. The molecule has 0 aromatic carbocycles. The van der Waals surface area contributed by atoms with Crippen LogP contribution in [0.25, 0.3) is 0 Å². The Kier molecular flexibility index (Phi) is 9.12. The van der Waals surface area contributed by atoms with Gasteiger partial charge in [0.25, 0.3) is 0 Å². The van der Waals surface area contributed by atoms with E-state index in [1.165, 1.54) is 14.2 Å². The molecule has 0 heterocycles. The zero-order valence-corrected chi connectivity index (χ0v) is 13.1. The number of azo groups is 1. The lowest BCUT2D eigenvalue weighted by Gasteiger charge is -2.14. The van der Waals surface area contributed by atoms with Gasteiger partial charge >= 0.3 is 11.9 Å². The Bertz CT molecular complexity index is 448. The Morgan fingerprint density at radius 3 is 1.45 bits per heavy atom. The number of nitrogens with zero attached hydrogens (tertiary/aromatic N) is 4. The second-order valence-electron chi connectivity index (χ2n) is 4.74. The minimum absolute atomic E-state index is 0.0780. The number of hydrogen-bond acceptors (Lipinski definition) is 8. The van der Waals surface area contributed by atoms with E-state index in [0.717, 1.165) is 0 Å². The van der Waals surface area contributed by atoms with E-state index in [1.54, 1.807) is 13.8 Å². The summed E-state index contributed by atoms with van der Waals surface area (Å²) in [5.74, 6) is -2.32. The van der Waals surface area contributed by atoms with Crippen molar-refractivity contribution in [3.63, 3.8) is 0 Å². The van der Waals surface area contributed by atoms with Gasteiger partial charge in [-0.2, -0.15) is 20.8 Å². The van der Waals surface area contributed by atoms with E-state index in [9.17, 15) is 9.59 Å². The summed E-state index contributed by atoms with van der Waals surface area (Å²) in [5, 5.41) is 26.0. The Hall–Kier alpha value is -2.48. The highest BCUT2D eigenvalue weighted by molar-refractivity contribution is 5.70. The SMILES string of the molecule is COC(=O)CC(C#N)C(C)N=NC(C)C(C#N)CC(=O)OC. The third-order valence-corrected chi connectivity index (χ3v) is 3.16. The second-order valence-corrected chi connectivity index (χ2v) is 4.74. The molecule has 0 amide bonds. The fraction of sp³-hybridized carbons (Fsp3) is 0.714. The summed E-state index contributed by atoms with van der Waals surface area (Å²) in [7, 11) is 2.49. The highest BCUT2D eigenvalue weighted by Gasteiger charge is 2.23. The molecule has 0 rings (SSSR count). The lowest BCUT2D eigenvalue weighted by molar-refractivity contribution is -0.142. The average molecular weight is 308 g/mol. The van der Waals surface area contributed by atoms with Gasteiger partial charge in [-0.25, -0.2) is 0 Å². The van der Waals surface area contributed by atoms with Crippen LogP contribution in [0.4, 0.5) is 0 Å². The molecule has 8 heteroatoms. The molecule has 0 saturated carbocycles. The standard InChI is InChI=1S/C14H20N4O4/c1-9(11(7-15)5-13(19)21-3)17-18-10(2)12(8-16)6-14(20)22-4/h9-12H,5-6H2,1-4H3. The summed E-state index contributed by atoms with van der Waals surface area (Å²) in [6, 6.07) is 2.92. The predicted molar refractivity (Wildman–Crippen MR) is 75.3 cm³/mol. The van der Waals surface area contributed by atoms with E-state index in [1.807, 2.05) is 12.1 Å². The first-order valence-electron chi connectivity index (χ1n) is 6.72. The summed E-state index contributed by atoms with van der Waals surface area (Å²) >= 11 is 0. The normalized spacial score (nSPS) is 15.9. The molecule has 0 saturated heterocycles. The fourth-order valence-corrected chi connectivity index (χ4v) is 1.55. The number of hydrogen-bond donors (Lipinski definition) is 0. The molecule has 0 fully saturated rings. The van der Waals surface area contributed by atoms with Crippen LogP contribution >= 0.6 is 0 Å². The monoisotopic (exact) mass is 308 g/mol. The van der Waals surface area contributed by atoms with Crippen molar-refractivity contribution < 1.29 is 19.1 Å². The van der Waals surface area contributed by atoms with Crippen LogP contribution in [0.1, 0.15) is 26.7 Å². The van der Waals surface area contributed by atoms with Crippen LogP contribution in [0.5, 0.6) is 0 Å². The number of methoxy groups -OCH3 is 2. The molecular weight excluding hydrogens is 288 g/mol. The van der Waals surface area contributed by atoms with E-state index in [-0.39, 0.29) is 12.8 Å². The van der Waals surface area contributed by atoms with E-state index in [2.05, 4.69) is 19.7 Å². The molecule has 4 atom stereocenters. The molecule has 0 spiro atoms. The summed E-state index contributed by atoms with van der Waals surface area (Å²) in [6.07, 6.45) is -0.156. The van der Waals surface area contributed by atoms with E-state index in [4.69, 9.17) is 10.5 Å². The highest BCUT2D eigenvalue weighted by Crippen LogP contribution is 2.16. The number of ether oxygens (including phenoxy) is 2. The van der Waals surface area contributed by atoms with Crippen molar-refractivity contribution in [1.82, 2.24) is 0 Å². The molecule has 0 N–H and O–H groups in total. The Balaban J connectivity index is 4.72. The third kappa shape index (κ3) is 6.80. The van der Waals surface area contributed by atoms with Crippen LogP contribution < -0.4 is 0 Å². The van der Waals surface area contributed by atoms with Crippen LogP contribution in [0.2, 0.25) is 0 Å². The number of rotatable bonds is 8. The smallest absolute Gasteiger partial charge is 0.306 e. The molecule has 8 nitrogen and oxygen atoms in total. The number of carbonyl (C=O) groups is 2. The van der Waals surface area contributed by atoms with Gasteiger partial charge in [-0.1, -0.05) is 0 Å². The van der Waals surface area contributed by atoms with Crippen molar-refractivity contribution in [2.45, 2.75) is 38.8 Å². The maximum Gasteiger partial charge on any atom is 0.306 e. The second kappa shape index (κ2) is 10.3. The van der Waals surface area contributed by atoms with Crippen molar-refractivity contribution in [2.75, 3.05) is 14.2 Å². The van der Waals surface area contributed by atoms with Crippen LogP contribution in [-0.2, 0) is 19.1 Å². The van der Waals surface area contributed by atoms with E-state index in [0.29, 0.717) is 0 Å². The summed E-state index contributed by atoms with van der Waals surface area (Å²) in [5.41, 5.74) is 0. The Labute approximate surface area is 129 Å². The number of nitriles is 2. The van der Waals surface area contributed by atoms with Crippen molar-refractivity contribution in [3.05, 3.63) is 0 Å². The van der Waals surface area contributed by atoms with Crippen LogP contribution in [0.3, 0.4) is 0 Å². The molecule has 0 aliphatic carbocycles. The molecule has 0 aromatic heterocycles. The summed E-state index contributed by atoms with van der Waals surface area (Å²) in [4.78, 5) is 22.4. The van der Waals surface area contributed by atoms with Gasteiger partial charge in [0, 0.05) is 0 Å². The quantitative estimate of drug-likeness (QED) is 0.495. The zero-order chi connectivity index (χ0) is 17.1. The molecule has 0 aliphatic rings. The number of carbonyl (C=O) groups excluding carboxylic acids is 2. The van der Waals surface area contributed by atoms with Crippen molar-refractivity contribution in [2.24, 2.45) is 22.1 Å². The van der Waals surface area contributed by atoms with E-state index >= 15 is 0 Å². The van der Waals surface area contributed by atoms with Gasteiger partial charge in [-0.05, 0) is 13.8 Å². The molecule has 0 aliphatic heterocycles. The van der Waals surface area contributed by atoms with E-state index < -0.39 is 35.9 Å². The van der Waals surface area contributed by atoms with Gasteiger partial charge < -0.3 is 9.47 Å². The minimum atomic E-state index is -0.662. The molecule has 0 radical (unpaired) electrons. The van der Waals surface area contributed by atoms with Gasteiger partial charge in [0.05, 0.1) is 63.1 Å². The molecule has 0 aromatic rings. The largest absolute Gasteiger partial charge is 0.469 e. The first-order chi connectivity index (χ1) is 10.4. The van der Waals surface area contributed by atoms with Crippen LogP contribution in [0.15, 0.2) is 10.2 Å². The highest BCUT2D eigenvalue weighted by atomic mass is 16.5. The van der Waals surface area contributed by atoms with Crippen LogP contribution in [-0.4, -0.2) is 38.2 Å². The van der Waals surface area contributed by atoms with Gasteiger partial charge in [0.2, 0.25) is 0 Å². The summed E-state index contributed by atoms with van der Waals surface area (Å²) in [6.45, 7) is 3.30. The number of esters is 2. The van der Waals surface area contributed by atoms with Crippen molar-refractivity contribution in [3.8, 4) is 12.1 Å². The summed E-state index contributed by atoms with van der Waals surface area (Å²) < 4.78 is 9.03. The minimum Gasteiger partial charge on any atom is -0.469 e. The molecule has 120 valence electrons. The topological polar surface area (TPSA) is 125 Å². The molecule has 0 bridgehead atoms. The van der Waals surface area contributed by atoms with Gasteiger partial charge in [0.15, 0.2) is 0 Å². The fourth-order valence-electron chi connectivity index (χ4n) is 1.55. The maximum absolute atomic E-state index is 11.2. The third-order valence-electron chi connectivity index (χ3n) is 3.16. The average Bonchev–Trinajstić information content (AvgIpc) is 2.54. The lowest BCUT2D eigenvalue weighted by atomic mass is 9.99. The molecule has 4 unspecified atom stereocenters. The van der Waals surface area contributed by atoms with Gasteiger partial charge in [-0.15, -0.1) is 0 Å². The van der Waals surface area contributed by atoms with Gasteiger partial charge in [0.1, 0.15) is 0 Å². The van der Waals surface area contributed by atoms with Gasteiger partial charge in [-0.3, -0.25) is 9.59 Å². The predicted octanol–water partition coefficient (Wildman–Crippen LogP) is 1.62. The first kappa shape index (κ1) is 19.5. The molecule has 22 heavy (non-hydrogen) atoms. The first-order valence-corrected chi connectivity index (χ1v) is 6.72.